The normalized spacial score (nSPS) is 16.7. The predicted molar refractivity (Wildman–Crippen MR) is 168 cm³/mol. The molecule has 0 radical (unpaired) electrons. The Hall–Kier alpha value is -4.42. The van der Waals surface area contributed by atoms with E-state index in [0.717, 1.165) is 5.56 Å². The number of morpholine rings is 1. The number of methoxy groups -OCH3 is 1. The van der Waals surface area contributed by atoms with Gasteiger partial charge in [-0.05, 0) is 69.2 Å². The number of hydrogen-bond acceptors (Lipinski definition) is 10. The van der Waals surface area contributed by atoms with Gasteiger partial charge in [-0.25, -0.2) is 9.79 Å². The van der Waals surface area contributed by atoms with Crippen molar-refractivity contribution in [1.29, 1.82) is 0 Å². The fraction of sp³-hybridized carbons (Fsp3) is 0.394. The summed E-state index contributed by atoms with van der Waals surface area (Å²) in [7, 11) is 1.51. The first-order valence-electron chi connectivity index (χ1n) is 14.8. The number of hydrogen-bond donors (Lipinski definition) is 0. The molecule has 238 valence electrons. The molecule has 2 aromatic carbocycles. The van der Waals surface area contributed by atoms with E-state index in [9.17, 15) is 14.4 Å². The van der Waals surface area contributed by atoms with E-state index in [1.54, 1.807) is 54.5 Å². The maximum absolute atomic E-state index is 14.0. The molecule has 0 aliphatic carbocycles. The molecule has 0 N–H and O–H groups in total. The first-order chi connectivity index (χ1) is 21.7. The van der Waals surface area contributed by atoms with Crippen LogP contribution in [0.1, 0.15) is 44.9 Å². The van der Waals surface area contributed by atoms with Crippen molar-refractivity contribution < 1.29 is 33.3 Å². The number of rotatable bonds is 10. The summed E-state index contributed by atoms with van der Waals surface area (Å²) in [6.45, 7) is 9.71. The van der Waals surface area contributed by atoms with Gasteiger partial charge in [-0.2, -0.15) is 0 Å². The fourth-order valence-corrected chi connectivity index (χ4v) is 6.22. The average Bonchev–Trinajstić information content (AvgIpc) is 3.33. The van der Waals surface area contributed by atoms with E-state index < -0.39 is 12.0 Å². The zero-order valence-corrected chi connectivity index (χ0v) is 26.8. The van der Waals surface area contributed by atoms with Gasteiger partial charge in [0.25, 0.3) is 11.5 Å². The molecule has 5 rings (SSSR count). The predicted octanol–water partition coefficient (Wildman–Crippen LogP) is 2.83. The highest BCUT2D eigenvalue weighted by Crippen LogP contribution is 2.32. The molecule has 2 aliphatic heterocycles. The van der Waals surface area contributed by atoms with Crippen molar-refractivity contribution in [3.05, 3.63) is 84.5 Å². The Morgan fingerprint density at radius 1 is 1.09 bits per heavy atom. The molecule has 0 bridgehead atoms. The minimum absolute atomic E-state index is 0.124. The first-order valence-corrected chi connectivity index (χ1v) is 15.6. The first kappa shape index (κ1) is 32.0. The largest absolute Gasteiger partial charge is 0.494 e. The van der Waals surface area contributed by atoms with Crippen LogP contribution in [0.15, 0.2) is 63.5 Å². The summed E-state index contributed by atoms with van der Waals surface area (Å²) >= 11 is 1.23. The summed E-state index contributed by atoms with van der Waals surface area (Å²) in [5.41, 5.74) is 1.92. The lowest BCUT2D eigenvalue weighted by atomic mass is 9.96. The average molecular weight is 636 g/mol. The quantitative estimate of drug-likeness (QED) is 0.312. The number of benzene rings is 2. The Bertz CT molecular complexity index is 1770. The van der Waals surface area contributed by atoms with Gasteiger partial charge in [0, 0.05) is 13.1 Å². The van der Waals surface area contributed by atoms with Crippen molar-refractivity contribution in [1.82, 2.24) is 9.47 Å². The zero-order chi connectivity index (χ0) is 32.1. The van der Waals surface area contributed by atoms with Gasteiger partial charge in [0.15, 0.2) is 22.9 Å². The number of carbonyl (C=O) groups excluding carboxylic acids is 2. The summed E-state index contributed by atoms with van der Waals surface area (Å²) in [6.07, 6.45) is 1.40. The van der Waals surface area contributed by atoms with Crippen LogP contribution < -0.4 is 29.1 Å². The van der Waals surface area contributed by atoms with E-state index in [4.69, 9.17) is 23.7 Å². The van der Waals surface area contributed by atoms with Crippen LogP contribution in [0, 0.1) is 0 Å². The monoisotopic (exact) mass is 635 g/mol. The standard InChI is InChI=1S/C33H37N3O8S/c1-6-42-24-10-8-23(9-11-24)30-29(32(39)44-20(2)3)21(4)34-33-36(30)31(38)27(45-33)18-22-7-12-25(26(17-22)40-5)43-19-28(37)35-13-15-41-16-14-35/h7-12,17-18,20,30H,6,13-16,19H2,1-5H3/b27-18-/t30-/m1/s1. The SMILES string of the molecule is CCOc1ccc([C@@H]2C(C(=O)OC(C)C)=C(C)N=c3s/c(=C\c4ccc(OCC(=O)N5CCOCC5)c(OC)c4)c(=O)n32)cc1. The summed E-state index contributed by atoms with van der Waals surface area (Å²) in [5.74, 6) is 0.879. The highest BCUT2D eigenvalue weighted by molar-refractivity contribution is 7.07. The molecular formula is C33H37N3O8S. The van der Waals surface area contributed by atoms with Gasteiger partial charge in [0.1, 0.15) is 5.75 Å². The lowest BCUT2D eigenvalue weighted by Crippen LogP contribution is -2.43. The van der Waals surface area contributed by atoms with Crippen molar-refractivity contribution in [3.8, 4) is 17.2 Å². The van der Waals surface area contributed by atoms with E-state index in [1.807, 2.05) is 31.2 Å². The van der Waals surface area contributed by atoms with E-state index in [1.165, 1.54) is 18.4 Å². The number of esters is 1. The summed E-state index contributed by atoms with van der Waals surface area (Å²) in [4.78, 5) is 46.7. The van der Waals surface area contributed by atoms with Gasteiger partial charge >= 0.3 is 5.97 Å². The second-order valence-electron chi connectivity index (χ2n) is 10.7. The van der Waals surface area contributed by atoms with Gasteiger partial charge in [-0.1, -0.05) is 29.5 Å². The molecule has 2 aliphatic rings. The van der Waals surface area contributed by atoms with Crippen molar-refractivity contribution in [2.24, 2.45) is 4.99 Å². The van der Waals surface area contributed by atoms with Crippen LogP contribution in [0.3, 0.4) is 0 Å². The molecule has 0 saturated carbocycles. The number of amides is 1. The molecule has 3 heterocycles. The summed E-state index contributed by atoms with van der Waals surface area (Å²) < 4.78 is 29.8. The topological polar surface area (TPSA) is 118 Å². The molecule has 3 aromatic rings. The van der Waals surface area contributed by atoms with E-state index >= 15 is 0 Å². The molecule has 12 heteroatoms. The molecule has 1 fully saturated rings. The zero-order valence-electron chi connectivity index (χ0n) is 26.0. The van der Waals surface area contributed by atoms with E-state index in [0.29, 0.717) is 76.3 Å². The molecule has 0 unspecified atom stereocenters. The lowest BCUT2D eigenvalue weighted by molar-refractivity contribution is -0.143. The number of allylic oxidation sites excluding steroid dienone is 1. The molecule has 1 amide bonds. The second kappa shape index (κ2) is 14.1. The molecule has 1 aromatic heterocycles. The number of nitrogens with zero attached hydrogens (tertiary/aromatic N) is 3. The van der Waals surface area contributed by atoms with Crippen LogP contribution in [-0.4, -0.2) is 74.1 Å². The highest BCUT2D eigenvalue weighted by Gasteiger charge is 2.34. The number of thiazole rings is 1. The van der Waals surface area contributed by atoms with Gasteiger partial charge in [-0.3, -0.25) is 14.2 Å². The molecule has 0 spiro atoms. The van der Waals surface area contributed by atoms with Crippen molar-refractivity contribution >= 4 is 29.3 Å². The van der Waals surface area contributed by atoms with E-state index in [2.05, 4.69) is 4.99 Å². The minimum atomic E-state index is -0.736. The van der Waals surface area contributed by atoms with Gasteiger partial charge < -0.3 is 28.6 Å². The third-order valence-electron chi connectivity index (χ3n) is 7.29. The van der Waals surface area contributed by atoms with E-state index in [-0.39, 0.29) is 24.2 Å². The van der Waals surface area contributed by atoms with Gasteiger partial charge in [-0.15, -0.1) is 0 Å². The van der Waals surface area contributed by atoms with Crippen LogP contribution >= 0.6 is 11.3 Å². The van der Waals surface area contributed by atoms with Crippen LogP contribution in [0.4, 0.5) is 0 Å². The number of fused-ring (bicyclic) bond motifs is 1. The smallest absolute Gasteiger partial charge is 0.338 e. The Kier molecular flexibility index (Phi) is 10.0. The molecular weight excluding hydrogens is 598 g/mol. The number of ether oxygens (including phenoxy) is 5. The highest BCUT2D eigenvalue weighted by atomic mass is 32.1. The number of aromatic nitrogens is 1. The fourth-order valence-electron chi connectivity index (χ4n) is 5.18. The van der Waals surface area contributed by atoms with Crippen molar-refractivity contribution in [2.75, 3.05) is 46.6 Å². The molecule has 1 atom stereocenters. The van der Waals surface area contributed by atoms with Crippen LogP contribution in [0.25, 0.3) is 6.08 Å². The number of carbonyl (C=O) groups is 2. The molecule has 11 nitrogen and oxygen atoms in total. The van der Waals surface area contributed by atoms with Gasteiger partial charge in [0.05, 0.1) is 54.9 Å². The second-order valence-corrected chi connectivity index (χ2v) is 11.7. The van der Waals surface area contributed by atoms with Gasteiger partial charge in [0.2, 0.25) is 0 Å². The Labute approximate surface area is 265 Å². The maximum atomic E-state index is 14.0. The molecule has 1 saturated heterocycles. The summed E-state index contributed by atoms with van der Waals surface area (Å²) in [6, 6.07) is 11.8. The Morgan fingerprint density at radius 3 is 2.49 bits per heavy atom. The van der Waals surface area contributed by atoms with Crippen LogP contribution in [0.2, 0.25) is 0 Å². The molecule has 45 heavy (non-hydrogen) atoms. The van der Waals surface area contributed by atoms with Crippen LogP contribution in [-0.2, 0) is 19.1 Å². The van der Waals surface area contributed by atoms with Crippen molar-refractivity contribution in [3.63, 3.8) is 0 Å². The minimum Gasteiger partial charge on any atom is -0.494 e. The lowest BCUT2D eigenvalue weighted by Gasteiger charge is -2.26. The van der Waals surface area contributed by atoms with Crippen LogP contribution in [0.5, 0.6) is 17.2 Å². The maximum Gasteiger partial charge on any atom is 0.338 e. The Balaban J connectivity index is 1.49. The Morgan fingerprint density at radius 2 is 1.82 bits per heavy atom. The van der Waals surface area contributed by atoms with Crippen molar-refractivity contribution in [2.45, 2.75) is 39.8 Å². The third-order valence-corrected chi connectivity index (χ3v) is 8.27. The summed E-state index contributed by atoms with van der Waals surface area (Å²) in [5, 5.41) is 0. The third kappa shape index (κ3) is 7.12.